The Labute approximate surface area is 163 Å². The highest BCUT2D eigenvalue weighted by Gasteiger charge is 2.40. The Morgan fingerprint density at radius 1 is 1.18 bits per heavy atom. The minimum absolute atomic E-state index is 0.0542. The Hall–Kier alpha value is -3.41. The van der Waals surface area contributed by atoms with Gasteiger partial charge in [0, 0.05) is 12.5 Å². The van der Waals surface area contributed by atoms with Crippen molar-refractivity contribution < 1.29 is 24.2 Å². The van der Waals surface area contributed by atoms with Gasteiger partial charge >= 0.3 is 5.97 Å². The van der Waals surface area contributed by atoms with E-state index in [1.54, 1.807) is 36.4 Å². The minimum atomic E-state index is -1.07. The summed E-state index contributed by atoms with van der Waals surface area (Å²) in [6.45, 7) is 3.87. The lowest BCUT2D eigenvalue weighted by atomic mass is 9.97. The first-order chi connectivity index (χ1) is 13.3. The zero-order valence-electron chi connectivity index (χ0n) is 15.7. The molecule has 1 aliphatic heterocycles. The summed E-state index contributed by atoms with van der Waals surface area (Å²) in [6, 6.07) is 13.9. The number of carboxylic acid groups (broad SMARTS) is 1. The van der Waals surface area contributed by atoms with Gasteiger partial charge in [0.1, 0.15) is 5.75 Å². The van der Waals surface area contributed by atoms with E-state index in [1.165, 1.54) is 11.0 Å². The van der Waals surface area contributed by atoms with Gasteiger partial charge < -0.3 is 9.84 Å². The van der Waals surface area contributed by atoms with Crippen molar-refractivity contribution >= 4 is 29.5 Å². The Morgan fingerprint density at radius 2 is 1.89 bits per heavy atom. The Kier molecular flexibility index (Phi) is 5.59. The van der Waals surface area contributed by atoms with Crippen LogP contribution in [0.4, 0.5) is 5.69 Å². The summed E-state index contributed by atoms with van der Waals surface area (Å²) >= 11 is 0. The molecular weight excluding hydrogens is 358 g/mol. The molecular formula is C22H21NO5. The molecule has 0 saturated carbocycles. The highest BCUT2D eigenvalue weighted by Crippen LogP contribution is 2.34. The summed E-state index contributed by atoms with van der Waals surface area (Å²) in [5.74, 6) is -1.47. The largest absolute Gasteiger partial charge is 0.491 e. The van der Waals surface area contributed by atoms with Crippen molar-refractivity contribution in [3.8, 4) is 5.75 Å². The standard InChI is InChI=1S/C22H21NO5/c1-14(2)28-18-9-7-16(8-10-18)19-13-20(24)23(22(19)27)17-5-3-4-15(12-17)6-11-21(25)26/h3-12,14,19H,13H2,1-2H3,(H,25,26)/b11-6+/t19-/m1/s1. The van der Waals surface area contributed by atoms with E-state index in [0.717, 1.165) is 11.6 Å². The van der Waals surface area contributed by atoms with E-state index in [4.69, 9.17) is 9.84 Å². The molecule has 0 aromatic heterocycles. The first kappa shape index (κ1) is 19.4. The van der Waals surface area contributed by atoms with Crippen LogP contribution in [0.5, 0.6) is 5.75 Å². The maximum Gasteiger partial charge on any atom is 0.328 e. The highest BCUT2D eigenvalue weighted by molar-refractivity contribution is 6.22. The molecule has 2 aromatic carbocycles. The molecule has 0 unspecified atom stereocenters. The van der Waals surface area contributed by atoms with Crippen LogP contribution in [0, 0.1) is 0 Å². The number of imide groups is 1. The number of ether oxygens (including phenoxy) is 1. The second kappa shape index (κ2) is 8.08. The van der Waals surface area contributed by atoms with Gasteiger partial charge in [0.25, 0.3) is 0 Å². The predicted octanol–water partition coefficient (Wildman–Crippen LogP) is 3.62. The molecule has 2 aromatic rings. The van der Waals surface area contributed by atoms with Crippen molar-refractivity contribution in [2.75, 3.05) is 4.90 Å². The second-order valence-corrected chi connectivity index (χ2v) is 6.83. The second-order valence-electron chi connectivity index (χ2n) is 6.83. The topological polar surface area (TPSA) is 83.9 Å². The molecule has 0 spiro atoms. The molecule has 3 rings (SSSR count). The molecule has 1 saturated heterocycles. The van der Waals surface area contributed by atoms with Crippen LogP contribution in [-0.2, 0) is 14.4 Å². The lowest BCUT2D eigenvalue weighted by Crippen LogP contribution is -2.30. The summed E-state index contributed by atoms with van der Waals surface area (Å²) in [5, 5.41) is 8.75. The van der Waals surface area contributed by atoms with Crippen molar-refractivity contribution in [3.63, 3.8) is 0 Å². The number of rotatable bonds is 6. The van der Waals surface area contributed by atoms with Crippen molar-refractivity contribution in [2.24, 2.45) is 0 Å². The molecule has 6 nitrogen and oxygen atoms in total. The van der Waals surface area contributed by atoms with Gasteiger partial charge in [0.2, 0.25) is 11.8 Å². The number of carboxylic acids is 1. The number of amides is 2. The van der Waals surface area contributed by atoms with Gasteiger partial charge in [-0.1, -0.05) is 24.3 Å². The first-order valence-corrected chi connectivity index (χ1v) is 8.99. The lowest BCUT2D eigenvalue weighted by molar-refractivity contribution is -0.131. The first-order valence-electron chi connectivity index (χ1n) is 8.99. The number of hydrogen-bond donors (Lipinski definition) is 1. The number of aliphatic carboxylic acids is 1. The lowest BCUT2D eigenvalue weighted by Gasteiger charge is -2.16. The smallest absolute Gasteiger partial charge is 0.328 e. The Morgan fingerprint density at radius 3 is 2.54 bits per heavy atom. The number of carbonyl (C=O) groups excluding carboxylic acids is 2. The van der Waals surface area contributed by atoms with Gasteiger partial charge in [-0.2, -0.15) is 0 Å². The molecule has 1 N–H and O–H groups in total. The third-order valence-electron chi connectivity index (χ3n) is 4.35. The summed E-state index contributed by atoms with van der Waals surface area (Å²) in [4.78, 5) is 37.3. The maximum atomic E-state index is 12.9. The number of nitrogens with zero attached hydrogens (tertiary/aromatic N) is 1. The molecule has 2 amide bonds. The van der Waals surface area contributed by atoms with Gasteiger partial charge in [-0.15, -0.1) is 0 Å². The third kappa shape index (κ3) is 4.28. The molecule has 1 atom stereocenters. The summed E-state index contributed by atoms with van der Waals surface area (Å²) in [7, 11) is 0. The van der Waals surface area contributed by atoms with Crippen LogP contribution in [0.1, 0.15) is 37.3 Å². The van der Waals surface area contributed by atoms with Crippen LogP contribution in [0.25, 0.3) is 6.08 Å². The molecule has 1 heterocycles. The number of benzene rings is 2. The van der Waals surface area contributed by atoms with Crippen molar-refractivity contribution in [1.29, 1.82) is 0 Å². The average molecular weight is 379 g/mol. The Balaban J connectivity index is 1.82. The summed E-state index contributed by atoms with van der Waals surface area (Å²) in [5.41, 5.74) is 1.79. The third-order valence-corrected chi connectivity index (χ3v) is 4.35. The molecule has 144 valence electrons. The molecule has 28 heavy (non-hydrogen) atoms. The van der Waals surface area contributed by atoms with Crippen LogP contribution >= 0.6 is 0 Å². The predicted molar refractivity (Wildman–Crippen MR) is 105 cm³/mol. The van der Waals surface area contributed by atoms with Crippen molar-refractivity contribution in [3.05, 3.63) is 65.7 Å². The Bertz CT molecular complexity index is 930. The average Bonchev–Trinajstić information content (AvgIpc) is 2.95. The summed E-state index contributed by atoms with van der Waals surface area (Å²) < 4.78 is 5.61. The van der Waals surface area contributed by atoms with E-state index in [1.807, 2.05) is 26.0 Å². The fraction of sp³-hybridized carbons (Fsp3) is 0.227. The van der Waals surface area contributed by atoms with Gasteiger partial charge in [-0.3, -0.25) is 9.59 Å². The van der Waals surface area contributed by atoms with Crippen LogP contribution in [-0.4, -0.2) is 29.0 Å². The fourth-order valence-corrected chi connectivity index (χ4v) is 3.15. The quantitative estimate of drug-likeness (QED) is 0.612. The SMILES string of the molecule is CC(C)Oc1ccc([C@H]2CC(=O)N(c3cccc(/C=C/C(=O)O)c3)C2=O)cc1. The van der Waals surface area contributed by atoms with Crippen LogP contribution in [0.2, 0.25) is 0 Å². The van der Waals surface area contributed by atoms with E-state index < -0.39 is 11.9 Å². The van der Waals surface area contributed by atoms with E-state index in [0.29, 0.717) is 17.0 Å². The van der Waals surface area contributed by atoms with Crippen LogP contribution in [0.15, 0.2) is 54.6 Å². The van der Waals surface area contributed by atoms with Gasteiger partial charge in [-0.05, 0) is 55.3 Å². The van der Waals surface area contributed by atoms with E-state index in [-0.39, 0.29) is 24.3 Å². The van der Waals surface area contributed by atoms with E-state index in [9.17, 15) is 14.4 Å². The molecule has 0 bridgehead atoms. The normalized spacial score (nSPS) is 17.0. The zero-order chi connectivity index (χ0) is 20.3. The fourth-order valence-electron chi connectivity index (χ4n) is 3.15. The van der Waals surface area contributed by atoms with Crippen LogP contribution in [0.3, 0.4) is 0 Å². The van der Waals surface area contributed by atoms with Gasteiger partial charge in [0.15, 0.2) is 0 Å². The highest BCUT2D eigenvalue weighted by atomic mass is 16.5. The minimum Gasteiger partial charge on any atom is -0.491 e. The van der Waals surface area contributed by atoms with Gasteiger partial charge in [-0.25, -0.2) is 9.69 Å². The summed E-state index contributed by atoms with van der Waals surface area (Å²) in [6.07, 6.45) is 2.58. The van der Waals surface area contributed by atoms with E-state index >= 15 is 0 Å². The molecule has 1 aliphatic rings. The van der Waals surface area contributed by atoms with Crippen LogP contribution < -0.4 is 9.64 Å². The maximum absolute atomic E-state index is 12.9. The molecule has 0 radical (unpaired) electrons. The molecule has 0 aliphatic carbocycles. The molecule has 1 fully saturated rings. The number of anilines is 1. The zero-order valence-corrected chi connectivity index (χ0v) is 15.7. The van der Waals surface area contributed by atoms with Crippen molar-refractivity contribution in [2.45, 2.75) is 32.3 Å². The monoisotopic (exact) mass is 379 g/mol. The van der Waals surface area contributed by atoms with Gasteiger partial charge in [0.05, 0.1) is 17.7 Å². The van der Waals surface area contributed by atoms with Crippen molar-refractivity contribution in [1.82, 2.24) is 0 Å². The number of carbonyl (C=O) groups is 3. The molecule has 6 heteroatoms. The van der Waals surface area contributed by atoms with E-state index in [2.05, 4.69) is 0 Å². The number of hydrogen-bond acceptors (Lipinski definition) is 4.